The molecule has 0 saturated heterocycles. The maximum atomic E-state index is 11.9. The fraction of sp³-hybridized carbons (Fsp3) is 0.583. The summed E-state index contributed by atoms with van der Waals surface area (Å²) in [4.78, 5) is 11.9. The van der Waals surface area contributed by atoms with Crippen LogP contribution in [0.4, 0.5) is 0 Å². The zero-order valence-electron chi connectivity index (χ0n) is 10.2. The number of amides is 1. The Kier molecular flexibility index (Phi) is 3.75. The van der Waals surface area contributed by atoms with E-state index < -0.39 is 11.6 Å². The van der Waals surface area contributed by atoms with Gasteiger partial charge in [-0.2, -0.15) is 0 Å². The van der Waals surface area contributed by atoms with Crippen molar-refractivity contribution in [3.63, 3.8) is 0 Å². The molecule has 4 nitrogen and oxygen atoms in total. The maximum absolute atomic E-state index is 11.9. The molecule has 0 aromatic carbocycles. The zero-order chi connectivity index (χ0) is 12.3. The summed E-state index contributed by atoms with van der Waals surface area (Å²) in [7, 11) is 0. The largest absolute Gasteiger partial charge is 0.469 e. The highest BCUT2D eigenvalue weighted by atomic mass is 16.3. The van der Waals surface area contributed by atoms with Crippen LogP contribution in [0.15, 0.2) is 16.7 Å². The molecule has 1 atom stereocenters. The van der Waals surface area contributed by atoms with E-state index in [9.17, 15) is 9.90 Å². The maximum Gasteiger partial charge on any atom is 0.255 e. The molecule has 1 aromatic heterocycles. The zero-order valence-corrected chi connectivity index (χ0v) is 10.2. The van der Waals surface area contributed by atoms with Gasteiger partial charge in [0.1, 0.15) is 5.76 Å². The number of carbonyl (C=O) groups is 1. The molecular weight excluding hydrogens is 206 g/mol. The number of aliphatic hydroxyl groups excluding tert-OH is 1. The molecule has 0 saturated carbocycles. The predicted octanol–water partition coefficient (Wildman–Crippen LogP) is 1.73. The second-order valence-corrected chi connectivity index (χ2v) is 4.46. The van der Waals surface area contributed by atoms with Gasteiger partial charge in [-0.05, 0) is 26.8 Å². The number of carbonyl (C=O) groups excluding carboxylic acids is 1. The molecule has 0 aliphatic carbocycles. The summed E-state index contributed by atoms with van der Waals surface area (Å²) in [6.45, 7) is 7.13. The first-order chi connectivity index (χ1) is 7.38. The van der Waals surface area contributed by atoms with Crippen molar-refractivity contribution in [2.24, 2.45) is 0 Å². The lowest BCUT2D eigenvalue weighted by Crippen LogP contribution is -2.51. The van der Waals surface area contributed by atoms with Crippen molar-refractivity contribution >= 4 is 5.91 Å². The van der Waals surface area contributed by atoms with E-state index in [2.05, 4.69) is 5.32 Å². The molecule has 0 fully saturated rings. The van der Waals surface area contributed by atoms with Crippen molar-refractivity contribution in [1.82, 2.24) is 5.32 Å². The lowest BCUT2D eigenvalue weighted by Gasteiger charge is -2.29. The first kappa shape index (κ1) is 12.8. The molecule has 0 aliphatic heterocycles. The van der Waals surface area contributed by atoms with Crippen molar-refractivity contribution in [2.45, 2.75) is 45.8 Å². The van der Waals surface area contributed by atoms with E-state index in [0.717, 1.165) is 0 Å². The molecule has 1 aromatic rings. The Balaban J connectivity index is 2.81. The third kappa shape index (κ3) is 2.64. The van der Waals surface area contributed by atoms with Gasteiger partial charge in [-0.15, -0.1) is 0 Å². The van der Waals surface area contributed by atoms with Crippen LogP contribution in [0.5, 0.6) is 0 Å². The molecule has 2 N–H and O–H groups in total. The Bertz CT molecular complexity index is 366. The standard InChI is InChI=1S/C12H19NO3/c1-5-10-9(6-7-16-10)11(15)13-12(3,4)8(2)14/h6-8,14H,5H2,1-4H3,(H,13,15). The average Bonchev–Trinajstić information content (AvgIpc) is 2.64. The van der Waals surface area contributed by atoms with Crippen molar-refractivity contribution in [3.05, 3.63) is 23.7 Å². The molecule has 0 spiro atoms. The Morgan fingerprint density at radius 1 is 1.62 bits per heavy atom. The van der Waals surface area contributed by atoms with Gasteiger partial charge in [0.25, 0.3) is 5.91 Å². The van der Waals surface area contributed by atoms with E-state index in [1.54, 1.807) is 26.8 Å². The number of hydrogen-bond donors (Lipinski definition) is 2. The molecule has 1 unspecified atom stereocenters. The van der Waals surface area contributed by atoms with Crippen molar-refractivity contribution in [2.75, 3.05) is 0 Å². The summed E-state index contributed by atoms with van der Waals surface area (Å²) in [6, 6.07) is 1.65. The van der Waals surface area contributed by atoms with Crippen LogP contribution in [0, 0.1) is 0 Å². The van der Waals surface area contributed by atoms with Crippen LogP contribution < -0.4 is 5.32 Å². The molecule has 0 bridgehead atoms. The number of aliphatic hydroxyl groups is 1. The summed E-state index contributed by atoms with van der Waals surface area (Å²) in [5.41, 5.74) is -0.115. The predicted molar refractivity (Wildman–Crippen MR) is 61.3 cm³/mol. The second-order valence-electron chi connectivity index (χ2n) is 4.46. The monoisotopic (exact) mass is 225 g/mol. The quantitative estimate of drug-likeness (QED) is 0.820. The molecule has 0 aliphatic rings. The third-order valence-corrected chi connectivity index (χ3v) is 2.79. The van der Waals surface area contributed by atoms with Crippen molar-refractivity contribution in [1.29, 1.82) is 0 Å². The summed E-state index contributed by atoms with van der Waals surface area (Å²) in [6.07, 6.45) is 1.56. The van der Waals surface area contributed by atoms with E-state index in [0.29, 0.717) is 17.7 Å². The SMILES string of the molecule is CCc1occc1C(=O)NC(C)(C)C(C)O. The Hall–Kier alpha value is -1.29. The molecule has 90 valence electrons. The molecule has 1 rings (SSSR count). The van der Waals surface area contributed by atoms with Crippen LogP contribution >= 0.6 is 0 Å². The minimum Gasteiger partial charge on any atom is -0.469 e. The van der Waals surface area contributed by atoms with Crippen LogP contribution in [0.2, 0.25) is 0 Å². The first-order valence-electron chi connectivity index (χ1n) is 5.45. The topological polar surface area (TPSA) is 62.5 Å². The van der Waals surface area contributed by atoms with E-state index in [1.807, 2.05) is 6.92 Å². The minimum atomic E-state index is -0.653. The average molecular weight is 225 g/mol. The van der Waals surface area contributed by atoms with Crippen LogP contribution in [0.25, 0.3) is 0 Å². The van der Waals surface area contributed by atoms with Gasteiger partial charge in [-0.1, -0.05) is 6.92 Å². The van der Waals surface area contributed by atoms with E-state index in [-0.39, 0.29) is 5.91 Å². The Morgan fingerprint density at radius 3 is 2.75 bits per heavy atom. The van der Waals surface area contributed by atoms with Gasteiger partial charge in [0.2, 0.25) is 0 Å². The van der Waals surface area contributed by atoms with E-state index in [4.69, 9.17) is 4.42 Å². The summed E-state index contributed by atoms with van der Waals surface area (Å²) < 4.78 is 5.19. The number of aryl methyl sites for hydroxylation is 1. The molecule has 0 radical (unpaired) electrons. The molecule has 16 heavy (non-hydrogen) atoms. The van der Waals surface area contributed by atoms with Crippen molar-refractivity contribution in [3.8, 4) is 0 Å². The summed E-state index contributed by atoms with van der Waals surface area (Å²) in [5.74, 6) is 0.454. The molecule has 4 heteroatoms. The summed E-state index contributed by atoms with van der Waals surface area (Å²) >= 11 is 0. The van der Waals surface area contributed by atoms with Gasteiger partial charge < -0.3 is 14.8 Å². The lowest BCUT2D eigenvalue weighted by molar-refractivity contribution is 0.0708. The summed E-state index contributed by atoms with van der Waals surface area (Å²) in [5, 5.41) is 12.3. The minimum absolute atomic E-state index is 0.212. The van der Waals surface area contributed by atoms with Crippen molar-refractivity contribution < 1.29 is 14.3 Å². The smallest absolute Gasteiger partial charge is 0.255 e. The number of hydrogen-bond acceptors (Lipinski definition) is 3. The Morgan fingerprint density at radius 2 is 2.25 bits per heavy atom. The highest BCUT2D eigenvalue weighted by Gasteiger charge is 2.27. The number of furan rings is 1. The highest BCUT2D eigenvalue weighted by molar-refractivity contribution is 5.95. The molecule has 1 amide bonds. The third-order valence-electron chi connectivity index (χ3n) is 2.79. The van der Waals surface area contributed by atoms with Gasteiger partial charge in [-0.25, -0.2) is 0 Å². The van der Waals surface area contributed by atoms with Crippen LogP contribution in [-0.4, -0.2) is 22.7 Å². The van der Waals surface area contributed by atoms with Gasteiger partial charge >= 0.3 is 0 Å². The molecule has 1 heterocycles. The number of nitrogens with one attached hydrogen (secondary N) is 1. The van der Waals surface area contributed by atoms with Crippen LogP contribution in [-0.2, 0) is 6.42 Å². The fourth-order valence-electron chi connectivity index (χ4n) is 1.28. The fourth-order valence-corrected chi connectivity index (χ4v) is 1.28. The second kappa shape index (κ2) is 4.70. The number of rotatable bonds is 4. The van der Waals surface area contributed by atoms with Crippen LogP contribution in [0.3, 0.4) is 0 Å². The van der Waals surface area contributed by atoms with Gasteiger partial charge in [0.05, 0.1) is 23.5 Å². The van der Waals surface area contributed by atoms with Crippen LogP contribution in [0.1, 0.15) is 43.8 Å². The van der Waals surface area contributed by atoms with Gasteiger partial charge in [0.15, 0.2) is 0 Å². The molecular formula is C12H19NO3. The van der Waals surface area contributed by atoms with Gasteiger partial charge in [0, 0.05) is 6.42 Å². The highest BCUT2D eigenvalue weighted by Crippen LogP contribution is 2.14. The lowest BCUT2D eigenvalue weighted by atomic mass is 9.98. The van der Waals surface area contributed by atoms with E-state index in [1.165, 1.54) is 6.26 Å². The normalized spacial score (nSPS) is 13.6. The first-order valence-corrected chi connectivity index (χ1v) is 5.45. The van der Waals surface area contributed by atoms with Gasteiger partial charge in [-0.3, -0.25) is 4.79 Å². The Labute approximate surface area is 95.7 Å². The van der Waals surface area contributed by atoms with E-state index >= 15 is 0 Å².